The van der Waals surface area contributed by atoms with E-state index in [9.17, 15) is 9.59 Å². The summed E-state index contributed by atoms with van der Waals surface area (Å²) in [6.07, 6.45) is 17.2. The quantitative estimate of drug-likeness (QED) is 0.213. The number of carbonyl (C=O) groups excluding carboxylic acids is 1. The van der Waals surface area contributed by atoms with Gasteiger partial charge in [-0.1, -0.05) is 91.4 Å². The van der Waals surface area contributed by atoms with Crippen molar-refractivity contribution in [2.75, 3.05) is 6.61 Å². The first-order valence-electron chi connectivity index (χ1n) is 11.3. The number of esters is 1. The van der Waals surface area contributed by atoms with Crippen molar-refractivity contribution in [1.29, 1.82) is 0 Å². The minimum Gasteiger partial charge on any atom is -0.481 e. The number of unbranched alkanes of at least 4 members (excludes halogenated alkanes) is 10. The minimum atomic E-state index is -0.685. The minimum absolute atomic E-state index is 0.0339. The van der Waals surface area contributed by atoms with Crippen molar-refractivity contribution >= 4 is 11.9 Å². The van der Waals surface area contributed by atoms with Crippen LogP contribution in [0.4, 0.5) is 0 Å². The SMILES string of the molecule is CC(C)CCCC(=O)O.CCCCCCCCCCCCCC(=O)OCC. The summed E-state index contributed by atoms with van der Waals surface area (Å²) in [5, 5.41) is 8.23. The van der Waals surface area contributed by atoms with Gasteiger partial charge in [-0.15, -0.1) is 0 Å². The maximum atomic E-state index is 11.1. The lowest BCUT2D eigenvalue weighted by Crippen LogP contribution is -2.03. The molecule has 0 aliphatic heterocycles. The molecule has 0 bridgehead atoms. The van der Waals surface area contributed by atoms with Crippen LogP contribution in [0, 0.1) is 5.92 Å². The molecular weight excluding hydrogens is 340 g/mol. The fourth-order valence-corrected chi connectivity index (χ4v) is 2.83. The van der Waals surface area contributed by atoms with Gasteiger partial charge in [0.1, 0.15) is 0 Å². The Labute approximate surface area is 168 Å². The van der Waals surface area contributed by atoms with Crippen molar-refractivity contribution in [2.45, 2.75) is 124 Å². The average molecular weight is 387 g/mol. The highest BCUT2D eigenvalue weighted by Crippen LogP contribution is 2.12. The number of aliphatic carboxylic acids is 1. The van der Waals surface area contributed by atoms with Gasteiger partial charge in [0, 0.05) is 12.8 Å². The van der Waals surface area contributed by atoms with E-state index in [1.54, 1.807) is 0 Å². The third-order valence-corrected chi connectivity index (χ3v) is 4.46. The van der Waals surface area contributed by atoms with Gasteiger partial charge in [-0.05, 0) is 25.7 Å². The van der Waals surface area contributed by atoms with Gasteiger partial charge < -0.3 is 9.84 Å². The van der Waals surface area contributed by atoms with E-state index in [2.05, 4.69) is 20.8 Å². The molecule has 0 rings (SSSR count). The van der Waals surface area contributed by atoms with Crippen molar-refractivity contribution in [3.05, 3.63) is 0 Å². The van der Waals surface area contributed by atoms with Crippen LogP contribution in [0.3, 0.4) is 0 Å². The molecule has 0 aromatic rings. The zero-order valence-corrected chi connectivity index (χ0v) is 18.6. The Bertz CT molecular complexity index is 326. The summed E-state index contributed by atoms with van der Waals surface area (Å²) in [6.45, 7) is 8.83. The summed E-state index contributed by atoms with van der Waals surface area (Å²) >= 11 is 0. The van der Waals surface area contributed by atoms with Gasteiger partial charge in [0.05, 0.1) is 6.61 Å². The van der Waals surface area contributed by atoms with Gasteiger partial charge in [0.15, 0.2) is 0 Å². The molecule has 0 aromatic heterocycles. The molecular formula is C23H46O4. The molecule has 0 radical (unpaired) electrons. The molecule has 0 aliphatic carbocycles. The second-order valence-corrected chi connectivity index (χ2v) is 7.77. The molecule has 4 nitrogen and oxygen atoms in total. The largest absolute Gasteiger partial charge is 0.481 e. The van der Waals surface area contributed by atoms with Crippen LogP contribution in [0.15, 0.2) is 0 Å². The lowest BCUT2D eigenvalue weighted by atomic mass is 10.1. The molecule has 0 saturated heterocycles. The summed E-state index contributed by atoms with van der Waals surface area (Å²) in [7, 11) is 0. The van der Waals surface area contributed by atoms with Crippen LogP contribution in [0.25, 0.3) is 0 Å². The molecule has 0 atom stereocenters. The van der Waals surface area contributed by atoms with Gasteiger partial charge in [0.25, 0.3) is 0 Å². The summed E-state index contributed by atoms with van der Waals surface area (Å²) < 4.78 is 4.89. The lowest BCUT2D eigenvalue weighted by Gasteiger charge is -2.03. The fourth-order valence-electron chi connectivity index (χ4n) is 2.83. The van der Waals surface area contributed by atoms with E-state index in [0.717, 1.165) is 19.3 Å². The first-order valence-corrected chi connectivity index (χ1v) is 11.3. The highest BCUT2D eigenvalue weighted by atomic mass is 16.5. The standard InChI is InChI=1S/C16H32O2.C7H14O2/c1-3-5-6-7-8-9-10-11-12-13-14-15-16(17)18-4-2;1-6(2)4-3-5-7(8)9/h3-15H2,1-2H3;6H,3-5H2,1-2H3,(H,8,9). The average Bonchev–Trinajstić information content (AvgIpc) is 2.60. The molecule has 0 spiro atoms. The van der Waals surface area contributed by atoms with E-state index in [0.29, 0.717) is 25.4 Å². The highest BCUT2D eigenvalue weighted by molar-refractivity contribution is 5.69. The third kappa shape index (κ3) is 29.9. The summed E-state index contributed by atoms with van der Waals surface area (Å²) in [4.78, 5) is 21.1. The smallest absolute Gasteiger partial charge is 0.305 e. The Morgan fingerprint density at radius 1 is 0.741 bits per heavy atom. The van der Waals surface area contributed by atoms with E-state index in [4.69, 9.17) is 9.84 Å². The predicted molar refractivity (Wildman–Crippen MR) is 114 cm³/mol. The number of rotatable bonds is 17. The number of ether oxygens (including phenoxy) is 1. The van der Waals surface area contributed by atoms with Crippen LogP contribution in [0.1, 0.15) is 124 Å². The molecule has 0 fully saturated rings. The zero-order valence-electron chi connectivity index (χ0n) is 18.6. The van der Waals surface area contributed by atoms with Crippen molar-refractivity contribution in [3.63, 3.8) is 0 Å². The van der Waals surface area contributed by atoms with E-state index >= 15 is 0 Å². The second kappa shape index (κ2) is 23.0. The Morgan fingerprint density at radius 3 is 1.63 bits per heavy atom. The maximum absolute atomic E-state index is 11.1. The zero-order chi connectivity index (χ0) is 20.8. The first-order chi connectivity index (χ1) is 12.9. The van der Waals surface area contributed by atoms with E-state index in [1.165, 1.54) is 64.2 Å². The Balaban J connectivity index is 0. The van der Waals surface area contributed by atoms with Crippen LogP contribution in [0.2, 0.25) is 0 Å². The molecule has 0 heterocycles. The van der Waals surface area contributed by atoms with Crippen molar-refractivity contribution in [2.24, 2.45) is 5.92 Å². The van der Waals surface area contributed by atoms with Crippen molar-refractivity contribution in [1.82, 2.24) is 0 Å². The van der Waals surface area contributed by atoms with E-state index < -0.39 is 5.97 Å². The second-order valence-electron chi connectivity index (χ2n) is 7.77. The number of hydrogen-bond acceptors (Lipinski definition) is 3. The van der Waals surface area contributed by atoms with Crippen molar-refractivity contribution < 1.29 is 19.4 Å². The van der Waals surface area contributed by atoms with Crippen LogP contribution in [0.5, 0.6) is 0 Å². The maximum Gasteiger partial charge on any atom is 0.305 e. The molecule has 1 N–H and O–H groups in total. The summed E-state index contributed by atoms with van der Waals surface area (Å²) in [5.41, 5.74) is 0. The number of hydrogen-bond donors (Lipinski definition) is 1. The predicted octanol–water partition coefficient (Wildman–Crippen LogP) is 7.15. The summed E-state index contributed by atoms with van der Waals surface area (Å²) in [5.74, 6) is -0.0894. The molecule has 4 heteroatoms. The van der Waals surface area contributed by atoms with Crippen LogP contribution < -0.4 is 0 Å². The molecule has 0 unspecified atom stereocenters. The van der Waals surface area contributed by atoms with Gasteiger partial charge in [-0.3, -0.25) is 9.59 Å². The molecule has 0 amide bonds. The molecule has 0 aliphatic rings. The molecule has 0 saturated carbocycles. The molecule has 0 aromatic carbocycles. The lowest BCUT2D eigenvalue weighted by molar-refractivity contribution is -0.143. The normalized spacial score (nSPS) is 10.4. The monoisotopic (exact) mass is 386 g/mol. The Morgan fingerprint density at radius 2 is 1.22 bits per heavy atom. The first kappa shape index (κ1) is 28.2. The van der Waals surface area contributed by atoms with E-state index in [1.807, 2.05) is 6.92 Å². The number of carboxylic acids is 1. The van der Waals surface area contributed by atoms with E-state index in [-0.39, 0.29) is 5.97 Å². The van der Waals surface area contributed by atoms with Crippen LogP contribution in [-0.2, 0) is 14.3 Å². The van der Waals surface area contributed by atoms with Crippen molar-refractivity contribution in [3.8, 4) is 0 Å². The Kier molecular flexibility index (Phi) is 24.0. The highest BCUT2D eigenvalue weighted by Gasteiger charge is 2.00. The van der Waals surface area contributed by atoms with Gasteiger partial charge >= 0.3 is 11.9 Å². The molecule has 27 heavy (non-hydrogen) atoms. The number of carbonyl (C=O) groups is 2. The van der Waals surface area contributed by atoms with Gasteiger partial charge in [-0.2, -0.15) is 0 Å². The summed E-state index contributed by atoms with van der Waals surface area (Å²) in [6, 6.07) is 0. The fraction of sp³-hybridized carbons (Fsp3) is 0.913. The van der Waals surface area contributed by atoms with Gasteiger partial charge in [-0.25, -0.2) is 0 Å². The van der Waals surface area contributed by atoms with Crippen LogP contribution in [-0.4, -0.2) is 23.7 Å². The molecule has 162 valence electrons. The van der Waals surface area contributed by atoms with Gasteiger partial charge in [0.2, 0.25) is 0 Å². The van der Waals surface area contributed by atoms with Crippen LogP contribution >= 0.6 is 0 Å². The number of carboxylic acid groups (broad SMARTS) is 1. The topological polar surface area (TPSA) is 63.6 Å². The third-order valence-electron chi connectivity index (χ3n) is 4.46. The Hall–Kier alpha value is -1.06.